The summed E-state index contributed by atoms with van der Waals surface area (Å²) in [5.74, 6) is 0. The Bertz CT molecular complexity index is 276. The SMILES string of the molecule is COC1CCCc2ccccc21.Cl.Cl. The molecule has 2 rings (SSSR count). The molecule has 0 amide bonds. The van der Waals surface area contributed by atoms with Crippen LogP contribution in [-0.2, 0) is 11.2 Å². The first-order valence-electron chi connectivity index (χ1n) is 4.52. The van der Waals surface area contributed by atoms with Gasteiger partial charge in [0.15, 0.2) is 0 Å². The van der Waals surface area contributed by atoms with Crippen LogP contribution in [0.3, 0.4) is 0 Å². The van der Waals surface area contributed by atoms with Crippen LogP contribution in [0.1, 0.15) is 30.1 Å². The Morgan fingerprint density at radius 3 is 2.64 bits per heavy atom. The van der Waals surface area contributed by atoms with E-state index in [2.05, 4.69) is 24.3 Å². The molecule has 80 valence electrons. The maximum absolute atomic E-state index is 5.42. The Morgan fingerprint density at radius 2 is 1.93 bits per heavy atom. The smallest absolute Gasteiger partial charge is 0.0823 e. The third-order valence-electron chi connectivity index (χ3n) is 2.60. The van der Waals surface area contributed by atoms with Crippen LogP contribution < -0.4 is 0 Å². The molecule has 0 aliphatic heterocycles. The van der Waals surface area contributed by atoms with Crippen molar-refractivity contribution in [1.29, 1.82) is 0 Å². The third-order valence-corrected chi connectivity index (χ3v) is 2.60. The Kier molecular flexibility index (Phi) is 6.17. The fourth-order valence-corrected chi connectivity index (χ4v) is 1.95. The normalized spacial score (nSPS) is 18.8. The zero-order valence-corrected chi connectivity index (χ0v) is 9.87. The molecule has 1 aliphatic rings. The fraction of sp³-hybridized carbons (Fsp3) is 0.455. The van der Waals surface area contributed by atoms with Crippen LogP contribution in [0.25, 0.3) is 0 Å². The van der Waals surface area contributed by atoms with Crippen LogP contribution in [0.4, 0.5) is 0 Å². The summed E-state index contributed by atoms with van der Waals surface area (Å²) in [5.41, 5.74) is 2.86. The highest BCUT2D eigenvalue weighted by Gasteiger charge is 2.18. The Morgan fingerprint density at radius 1 is 1.21 bits per heavy atom. The summed E-state index contributed by atoms with van der Waals surface area (Å²) in [6.45, 7) is 0. The van der Waals surface area contributed by atoms with Gasteiger partial charge in [-0.2, -0.15) is 0 Å². The van der Waals surface area contributed by atoms with Gasteiger partial charge < -0.3 is 4.74 Å². The van der Waals surface area contributed by atoms with Crippen molar-refractivity contribution in [3.63, 3.8) is 0 Å². The van der Waals surface area contributed by atoms with Gasteiger partial charge in [0.25, 0.3) is 0 Å². The van der Waals surface area contributed by atoms with E-state index < -0.39 is 0 Å². The van der Waals surface area contributed by atoms with Crippen molar-refractivity contribution in [3.8, 4) is 0 Å². The molecule has 1 aromatic rings. The van der Waals surface area contributed by atoms with Gasteiger partial charge in [-0.1, -0.05) is 24.3 Å². The summed E-state index contributed by atoms with van der Waals surface area (Å²) < 4.78 is 5.42. The van der Waals surface area contributed by atoms with Gasteiger partial charge in [0, 0.05) is 7.11 Å². The Hall–Kier alpha value is -0.240. The second-order valence-corrected chi connectivity index (χ2v) is 3.32. The van der Waals surface area contributed by atoms with E-state index in [1.165, 1.54) is 30.4 Å². The molecule has 0 saturated carbocycles. The second kappa shape index (κ2) is 6.28. The topological polar surface area (TPSA) is 9.23 Å². The molecule has 1 aromatic carbocycles. The molecule has 0 N–H and O–H groups in total. The number of hydrogen-bond donors (Lipinski definition) is 0. The molecule has 3 heteroatoms. The maximum atomic E-state index is 5.42. The van der Waals surface area contributed by atoms with Gasteiger partial charge in [-0.25, -0.2) is 0 Å². The zero-order chi connectivity index (χ0) is 8.39. The van der Waals surface area contributed by atoms with Gasteiger partial charge in [0.1, 0.15) is 0 Å². The number of fused-ring (bicyclic) bond motifs is 1. The lowest BCUT2D eigenvalue weighted by Gasteiger charge is -2.23. The summed E-state index contributed by atoms with van der Waals surface area (Å²) >= 11 is 0. The molecule has 0 fully saturated rings. The van der Waals surface area contributed by atoms with Gasteiger partial charge in [-0.15, -0.1) is 24.8 Å². The highest BCUT2D eigenvalue weighted by Crippen LogP contribution is 2.31. The minimum Gasteiger partial charge on any atom is -0.377 e. The molecule has 0 saturated heterocycles. The van der Waals surface area contributed by atoms with Crippen molar-refractivity contribution in [3.05, 3.63) is 35.4 Å². The van der Waals surface area contributed by atoms with Crippen LogP contribution in [0.2, 0.25) is 0 Å². The van der Waals surface area contributed by atoms with E-state index in [0.29, 0.717) is 6.10 Å². The number of methoxy groups -OCH3 is 1. The van der Waals surface area contributed by atoms with Crippen molar-refractivity contribution in [2.75, 3.05) is 7.11 Å². The Labute approximate surface area is 97.7 Å². The lowest BCUT2D eigenvalue weighted by molar-refractivity contribution is 0.0881. The van der Waals surface area contributed by atoms with E-state index in [1.54, 1.807) is 7.11 Å². The monoisotopic (exact) mass is 234 g/mol. The Balaban J connectivity index is 0.000000845. The molecule has 1 atom stereocenters. The first kappa shape index (κ1) is 13.8. The molecule has 0 spiro atoms. The summed E-state index contributed by atoms with van der Waals surface area (Å²) in [5, 5.41) is 0. The highest BCUT2D eigenvalue weighted by molar-refractivity contribution is 5.85. The number of aryl methyl sites for hydroxylation is 1. The minimum absolute atomic E-state index is 0. The molecular formula is C11H16Cl2O. The number of ether oxygens (including phenoxy) is 1. The lowest BCUT2D eigenvalue weighted by Crippen LogP contribution is -2.10. The van der Waals surface area contributed by atoms with Crippen molar-refractivity contribution >= 4 is 24.8 Å². The van der Waals surface area contributed by atoms with Crippen LogP contribution in [0.15, 0.2) is 24.3 Å². The van der Waals surface area contributed by atoms with Gasteiger partial charge in [0.2, 0.25) is 0 Å². The molecule has 0 bridgehead atoms. The molecule has 14 heavy (non-hydrogen) atoms. The van der Waals surface area contributed by atoms with Gasteiger partial charge >= 0.3 is 0 Å². The van der Waals surface area contributed by atoms with Crippen LogP contribution in [-0.4, -0.2) is 7.11 Å². The van der Waals surface area contributed by atoms with Crippen LogP contribution in [0.5, 0.6) is 0 Å². The standard InChI is InChI=1S/C11H14O.2ClH/c1-12-11-8-4-6-9-5-2-3-7-10(9)11;;/h2-3,5,7,11H,4,6,8H2,1H3;2*1H. The molecule has 1 nitrogen and oxygen atoms in total. The maximum Gasteiger partial charge on any atom is 0.0823 e. The van der Waals surface area contributed by atoms with Gasteiger partial charge in [0.05, 0.1) is 6.10 Å². The lowest BCUT2D eigenvalue weighted by atomic mass is 9.89. The number of benzene rings is 1. The predicted octanol–water partition coefficient (Wildman–Crippen LogP) is 3.55. The first-order valence-corrected chi connectivity index (χ1v) is 4.52. The third kappa shape index (κ3) is 2.63. The molecule has 1 unspecified atom stereocenters. The van der Waals surface area contributed by atoms with Crippen LogP contribution in [0, 0.1) is 0 Å². The van der Waals surface area contributed by atoms with Crippen LogP contribution >= 0.6 is 24.8 Å². The second-order valence-electron chi connectivity index (χ2n) is 3.32. The zero-order valence-electron chi connectivity index (χ0n) is 8.23. The van der Waals surface area contributed by atoms with Crippen molar-refractivity contribution in [2.45, 2.75) is 25.4 Å². The highest BCUT2D eigenvalue weighted by atomic mass is 35.5. The minimum atomic E-state index is 0. The van der Waals surface area contributed by atoms with E-state index in [9.17, 15) is 0 Å². The van der Waals surface area contributed by atoms with Gasteiger partial charge in [-0.05, 0) is 30.4 Å². The summed E-state index contributed by atoms with van der Waals surface area (Å²) in [4.78, 5) is 0. The quantitative estimate of drug-likeness (QED) is 0.723. The average molecular weight is 235 g/mol. The summed E-state index contributed by atoms with van der Waals surface area (Å²) in [6.07, 6.45) is 3.99. The first-order chi connectivity index (χ1) is 5.92. The number of halogens is 2. The van der Waals surface area contributed by atoms with E-state index in [-0.39, 0.29) is 24.8 Å². The van der Waals surface area contributed by atoms with Crippen molar-refractivity contribution in [2.24, 2.45) is 0 Å². The average Bonchev–Trinajstić information content (AvgIpc) is 2.17. The van der Waals surface area contributed by atoms with Gasteiger partial charge in [-0.3, -0.25) is 0 Å². The van der Waals surface area contributed by atoms with E-state index in [1.807, 2.05) is 0 Å². The fourth-order valence-electron chi connectivity index (χ4n) is 1.95. The summed E-state index contributed by atoms with van der Waals surface area (Å²) in [6, 6.07) is 8.59. The largest absolute Gasteiger partial charge is 0.377 e. The van der Waals surface area contributed by atoms with E-state index >= 15 is 0 Å². The van der Waals surface area contributed by atoms with Crippen molar-refractivity contribution < 1.29 is 4.74 Å². The predicted molar refractivity (Wildman–Crippen MR) is 63.6 cm³/mol. The van der Waals surface area contributed by atoms with E-state index in [4.69, 9.17) is 4.74 Å². The molecular weight excluding hydrogens is 219 g/mol. The number of rotatable bonds is 1. The van der Waals surface area contributed by atoms with Crippen molar-refractivity contribution in [1.82, 2.24) is 0 Å². The summed E-state index contributed by atoms with van der Waals surface area (Å²) in [7, 11) is 1.80. The molecule has 0 heterocycles. The number of hydrogen-bond acceptors (Lipinski definition) is 1. The van der Waals surface area contributed by atoms with E-state index in [0.717, 1.165) is 0 Å². The molecule has 1 aliphatic carbocycles. The molecule has 0 aromatic heterocycles. The molecule has 0 radical (unpaired) electrons.